The van der Waals surface area contributed by atoms with Gasteiger partial charge in [-0.1, -0.05) is 29.3 Å². The molecule has 0 amide bonds. The first-order valence-corrected chi connectivity index (χ1v) is 10.3. The Morgan fingerprint density at radius 2 is 0.800 bits per heavy atom. The van der Waals surface area contributed by atoms with Crippen LogP contribution in [0, 0.1) is 41.5 Å². The average molecular weight is 397 g/mol. The van der Waals surface area contributed by atoms with Crippen molar-refractivity contribution in [1.29, 1.82) is 0 Å². The van der Waals surface area contributed by atoms with Crippen molar-refractivity contribution in [3.63, 3.8) is 0 Å². The van der Waals surface area contributed by atoms with E-state index in [0.717, 1.165) is 16.9 Å². The molecule has 30 heavy (non-hydrogen) atoms. The number of benzene rings is 3. The van der Waals surface area contributed by atoms with E-state index in [1.54, 1.807) is 0 Å². The topological polar surface area (TPSA) is 33.5 Å². The summed E-state index contributed by atoms with van der Waals surface area (Å²) in [7, 11) is 0. The van der Waals surface area contributed by atoms with Gasteiger partial charge in [0.15, 0.2) is 0 Å². The van der Waals surface area contributed by atoms with E-state index in [-0.39, 0.29) is 0 Å². The van der Waals surface area contributed by atoms with Crippen LogP contribution in [0.5, 0.6) is 0 Å². The van der Waals surface area contributed by atoms with Crippen LogP contribution in [0.3, 0.4) is 0 Å². The van der Waals surface area contributed by atoms with E-state index < -0.39 is 0 Å². The molecule has 0 unspecified atom stereocenters. The number of aryl methyl sites for hydroxylation is 6. The first-order chi connectivity index (χ1) is 14.3. The monoisotopic (exact) mass is 396 g/mol. The Balaban J connectivity index is 1.98. The van der Waals surface area contributed by atoms with E-state index in [2.05, 4.69) is 96.1 Å². The lowest BCUT2D eigenvalue weighted by atomic mass is 10.1. The molecule has 0 spiro atoms. The average Bonchev–Trinajstić information content (AvgIpc) is 2.65. The summed E-state index contributed by atoms with van der Waals surface area (Å²) in [5.41, 5.74) is 10.3. The molecule has 0 aliphatic carbocycles. The molecule has 0 saturated heterocycles. The van der Waals surface area contributed by atoms with E-state index in [4.69, 9.17) is 10.2 Å². The molecule has 0 aliphatic rings. The number of hydrogen-bond acceptors (Lipinski definition) is 2. The van der Waals surface area contributed by atoms with Crippen LogP contribution >= 0.6 is 0 Å². The predicted molar refractivity (Wildman–Crippen MR) is 119 cm³/mol. The second kappa shape index (κ2) is 7.79. The Labute approximate surface area is 178 Å². The molecule has 0 bridgehead atoms. The third kappa shape index (κ3) is 4.28. The molecule has 150 valence electrons. The molecular formula is C26H28N4+2. The number of rotatable bonds is 3. The van der Waals surface area contributed by atoms with E-state index in [0.29, 0.717) is 5.82 Å². The van der Waals surface area contributed by atoms with Gasteiger partial charge in [-0.25, -0.2) is 0 Å². The molecule has 0 atom stereocenters. The van der Waals surface area contributed by atoms with Crippen LogP contribution in [-0.4, -0.2) is 10.2 Å². The zero-order chi connectivity index (χ0) is 21.4. The summed E-state index contributed by atoms with van der Waals surface area (Å²) in [6, 6.07) is 19.4. The van der Waals surface area contributed by atoms with Crippen molar-refractivity contribution in [2.24, 2.45) is 0 Å². The lowest BCUT2D eigenvalue weighted by Crippen LogP contribution is -2.50. The SMILES string of the molecule is Cc1cc(C)cc(-c2n[n+](-c3cc(C)cc(C)c3)c[n+](-c3cc(C)cc(C)c3)n2)c1. The molecule has 0 saturated carbocycles. The molecule has 0 aliphatic heterocycles. The molecule has 1 heterocycles. The van der Waals surface area contributed by atoms with Gasteiger partial charge in [0.1, 0.15) is 0 Å². The van der Waals surface area contributed by atoms with Crippen molar-refractivity contribution < 1.29 is 9.36 Å². The third-order valence-electron chi connectivity index (χ3n) is 5.05. The Morgan fingerprint density at radius 3 is 1.17 bits per heavy atom. The van der Waals surface area contributed by atoms with Crippen LogP contribution in [0.25, 0.3) is 22.8 Å². The molecule has 3 aromatic carbocycles. The van der Waals surface area contributed by atoms with Gasteiger partial charge in [0.05, 0.1) is 0 Å². The van der Waals surface area contributed by atoms with Gasteiger partial charge in [0.2, 0.25) is 11.4 Å². The van der Waals surface area contributed by atoms with E-state index >= 15 is 0 Å². The molecule has 1 aromatic heterocycles. The van der Waals surface area contributed by atoms with E-state index in [1.807, 2.05) is 15.7 Å². The minimum Gasteiger partial charge on any atom is -0.0563 e. The highest BCUT2D eigenvalue weighted by Crippen LogP contribution is 2.18. The Hall–Kier alpha value is -3.40. The fourth-order valence-electron chi connectivity index (χ4n) is 4.01. The highest BCUT2D eigenvalue weighted by molar-refractivity contribution is 5.56. The summed E-state index contributed by atoms with van der Waals surface area (Å²) in [6.07, 6.45) is 1.95. The number of aromatic nitrogens is 4. The van der Waals surface area contributed by atoms with Crippen LogP contribution in [0.1, 0.15) is 33.4 Å². The summed E-state index contributed by atoms with van der Waals surface area (Å²) in [4.78, 5) is 0. The van der Waals surface area contributed by atoms with Gasteiger partial charge in [-0.05, 0) is 75.9 Å². The van der Waals surface area contributed by atoms with Gasteiger partial charge >= 0.3 is 6.33 Å². The van der Waals surface area contributed by atoms with Crippen LogP contribution in [0.2, 0.25) is 0 Å². The zero-order valence-corrected chi connectivity index (χ0v) is 18.6. The lowest BCUT2D eigenvalue weighted by molar-refractivity contribution is -0.797. The van der Waals surface area contributed by atoms with Gasteiger partial charge in [-0.15, -0.1) is 0 Å². The maximum atomic E-state index is 4.89. The van der Waals surface area contributed by atoms with Gasteiger partial charge < -0.3 is 0 Å². The second-order valence-corrected chi connectivity index (χ2v) is 8.40. The molecule has 4 nitrogen and oxygen atoms in total. The summed E-state index contributed by atoms with van der Waals surface area (Å²) in [6.45, 7) is 12.7. The Bertz CT molecular complexity index is 1030. The first-order valence-electron chi connectivity index (χ1n) is 10.3. The van der Waals surface area contributed by atoms with Crippen molar-refractivity contribution in [1.82, 2.24) is 10.2 Å². The fourth-order valence-corrected chi connectivity index (χ4v) is 4.01. The summed E-state index contributed by atoms with van der Waals surface area (Å²) < 4.78 is 3.86. The van der Waals surface area contributed by atoms with E-state index in [1.165, 1.54) is 33.4 Å². The van der Waals surface area contributed by atoms with Gasteiger partial charge in [0, 0.05) is 49.4 Å². The van der Waals surface area contributed by atoms with Gasteiger partial charge in [0.25, 0.3) is 5.82 Å². The summed E-state index contributed by atoms with van der Waals surface area (Å²) >= 11 is 0. The summed E-state index contributed by atoms with van der Waals surface area (Å²) in [5, 5.41) is 9.79. The van der Waals surface area contributed by atoms with Crippen molar-refractivity contribution in [3.05, 3.63) is 94.3 Å². The highest BCUT2D eigenvalue weighted by Gasteiger charge is 2.24. The fraction of sp³-hybridized carbons (Fsp3) is 0.231. The second-order valence-electron chi connectivity index (χ2n) is 8.40. The standard InChI is InChI=1S/C26H28N4/c1-17-7-18(2)11-23(10-17)26-27-29(24-12-19(3)8-20(4)13-24)16-30(28-26)25-14-21(5)9-22(6)15-25/h7-16H,1-6H3/q+2. The largest absolute Gasteiger partial charge is 0.469 e. The zero-order valence-electron chi connectivity index (χ0n) is 18.6. The quantitative estimate of drug-likeness (QED) is 0.476. The number of hydrogen-bond donors (Lipinski definition) is 0. The van der Waals surface area contributed by atoms with E-state index in [9.17, 15) is 0 Å². The normalized spacial score (nSPS) is 11.0. The van der Waals surface area contributed by atoms with Crippen molar-refractivity contribution in [2.75, 3.05) is 0 Å². The minimum absolute atomic E-state index is 0.697. The number of nitrogens with zero attached hydrogens (tertiary/aromatic N) is 4. The maximum Gasteiger partial charge on any atom is 0.469 e. The third-order valence-corrected chi connectivity index (χ3v) is 5.05. The van der Waals surface area contributed by atoms with Crippen molar-refractivity contribution in [2.45, 2.75) is 41.5 Å². The van der Waals surface area contributed by atoms with Crippen molar-refractivity contribution in [3.8, 4) is 22.8 Å². The van der Waals surface area contributed by atoms with Crippen LogP contribution in [-0.2, 0) is 0 Å². The molecule has 4 heteroatoms. The van der Waals surface area contributed by atoms with Crippen molar-refractivity contribution >= 4 is 0 Å². The van der Waals surface area contributed by atoms with Gasteiger partial charge in [-0.3, -0.25) is 0 Å². The van der Waals surface area contributed by atoms with Crippen LogP contribution in [0.4, 0.5) is 0 Å². The molecule has 0 N–H and O–H groups in total. The van der Waals surface area contributed by atoms with Crippen LogP contribution in [0.15, 0.2) is 60.9 Å². The molecule has 4 rings (SSSR count). The molecule has 0 radical (unpaired) electrons. The minimum atomic E-state index is 0.697. The molecule has 4 aromatic rings. The Kier molecular flexibility index (Phi) is 5.17. The Morgan fingerprint density at radius 1 is 0.467 bits per heavy atom. The molecule has 0 fully saturated rings. The highest BCUT2D eigenvalue weighted by atomic mass is 15.4. The van der Waals surface area contributed by atoms with Gasteiger partial charge in [-0.2, -0.15) is 0 Å². The summed E-state index contributed by atoms with van der Waals surface area (Å²) in [5.74, 6) is 0.697. The maximum absolute atomic E-state index is 4.89. The smallest absolute Gasteiger partial charge is 0.0563 e. The first kappa shape index (κ1) is 19.9. The molecular weight excluding hydrogens is 368 g/mol. The lowest BCUT2D eigenvalue weighted by Gasteiger charge is -2.03. The predicted octanol–water partition coefficient (Wildman–Crippen LogP) is 4.55. The van der Waals surface area contributed by atoms with Crippen LogP contribution < -0.4 is 9.36 Å².